The molecule has 1 saturated heterocycles. The number of rotatable bonds is 5. The minimum Gasteiger partial charge on any atom is -0.493 e. The number of nitrogens with one attached hydrogen (secondary N) is 1. The number of sulfonamides is 1. The van der Waals surface area contributed by atoms with Gasteiger partial charge in [0, 0.05) is 25.2 Å². The van der Waals surface area contributed by atoms with Crippen LogP contribution in [0, 0.1) is 0 Å². The second-order valence-electron chi connectivity index (χ2n) is 5.53. The molecule has 9 heteroatoms. The number of carbonyl (C=O) groups is 1. The van der Waals surface area contributed by atoms with E-state index >= 15 is 0 Å². The zero-order valence-corrected chi connectivity index (χ0v) is 14.2. The molecule has 1 fully saturated rings. The first-order valence-electron chi connectivity index (χ1n) is 7.75. The third kappa shape index (κ3) is 3.41. The van der Waals surface area contributed by atoms with E-state index in [9.17, 15) is 13.2 Å². The van der Waals surface area contributed by atoms with Gasteiger partial charge in [-0.1, -0.05) is 0 Å². The van der Waals surface area contributed by atoms with Gasteiger partial charge >= 0.3 is 0 Å². The Morgan fingerprint density at radius 1 is 1.33 bits per heavy atom. The van der Waals surface area contributed by atoms with Gasteiger partial charge in [-0.15, -0.1) is 0 Å². The van der Waals surface area contributed by atoms with Crippen LogP contribution in [-0.2, 0) is 10.0 Å². The summed E-state index contributed by atoms with van der Waals surface area (Å²) in [4.78, 5) is 12.3. The Morgan fingerprint density at radius 2 is 2.12 bits per heavy atom. The summed E-state index contributed by atoms with van der Waals surface area (Å²) in [5.74, 6) is 1.25. The topological polar surface area (TPSA) is 94.2 Å². The molecular formula is C15H20N2O6S. The van der Waals surface area contributed by atoms with Gasteiger partial charge in [0.05, 0.1) is 12.9 Å². The van der Waals surface area contributed by atoms with E-state index in [0.29, 0.717) is 49.0 Å². The van der Waals surface area contributed by atoms with E-state index < -0.39 is 10.0 Å². The van der Waals surface area contributed by atoms with Gasteiger partial charge in [0.15, 0.2) is 11.5 Å². The van der Waals surface area contributed by atoms with Crippen molar-refractivity contribution < 1.29 is 27.4 Å². The van der Waals surface area contributed by atoms with Crippen LogP contribution in [0.15, 0.2) is 12.1 Å². The zero-order chi connectivity index (χ0) is 17.2. The van der Waals surface area contributed by atoms with Crippen LogP contribution in [0.25, 0.3) is 0 Å². The van der Waals surface area contributed by atoms with Crippen molar-refractivity contribution >= 4 is 15.9 Å². The predicted octanol–water partition coefficient (Wildman–Crippen LogP) is 0.232. The second kappa shape index (κ2) is 6.86. The van der Waals surface area contributed by atoms with E-state index in [-0.39, 0.29) is 24.7 Å². The van der Waals surface area contributed by atoms with Crippen molar-refractivity contribution in [3.63, 3.8) is 0 Å². The lowest BCUT2D eigenvalue weighted by Crippen LogP contribution is -2.35. The summed E-state index contributed by atoms with van der Waals surface area (Å²) in [6.07, 6.45) is 0.635. The Labute approximate surface area is 140 Å². The van der Waals surface area contributed by atoms with Gasteiger partial charge in [-0.05, 0) is 18.6 Å². The number of hydrogen-bond acceptors (Lipinski definition) is 6. The van der Waals surface area contributed by atoms with E-state index in [4.69, 9.17) is 14.2 Å². The number of carbonyl (C=O) groups excluding carboxylic acids is 1. The number of nitrogens with zero attached hydrogens (tertiary/aromatic N) is 1. The lowest BCUT2D eigenvalue weighted by molar-refractivity contribution is 0.0950. The SMILES string of the molecule is COc1cc(C(=O)NCCN2CCCS2(=O)=O)cc2c1OCCO2. The van der Waals surface area contributed by atoms with Crippen molar-refractivity contribution in [2.24, 2.45) is 0 Å². The monoisotopic (exact) mass is 356 g/mol. The summed E-state index contributed by atoms with van der Waals surface area (Å²) in [6.45, 7) is 1.87. The van der Waals surface area contributed by atoms with E-state index in [2.05, 4.69) is 5.32 Å². The molecule has 1 aromatic rings. The average molecular weight is 356 g/mol. The normalized spacial score (nSPS) is 19.0. The van der Waals surface area contributed by atoms with Crippen molar-refractivity contribution in [3.8, 4) is 17.2 Å². The molecule has 2 aliphatic rings. The molecular weight excluding hydrogens is 336 g/mol. The minimum atomic E-state index is -3.15. The first-order valence-corrected chi connectivity index (χ1v) is 9.36. The molecule has 2 heterocycles. The van der Waals surface area contributed by atoms with E-state index in [0.717, 1.165) is 0 Å². The standard InChI is InChI=1S/C15H20N2O6S/c1-21-12-9-11(10-13-14(12)23-7-6-22-13)15(18)16-3-5-17-4-2-8-24(17,19)20/h9-10H,2-8H2,1H3,(H,16,18). The highest BCUT2D eigenvalue weighted by atomic mass is 32.2. The van der Waals surface area contributed by atoms with Crippen LogP contribution in [0.2, 0.25) is 0 Å². The number of amides is 1. The Bertz CT molecular complexity index is 716. The van der Waals surface area contributed by atoms with Crippen molar-refractivity contribution in [2.75, 3.05) is 45.7 Å². The van der Waals surface area contributed by atoms with Crippen LogP contribution < -0.4 is 19.5 Å². The Kier molecular flexibility index (Phi) is 4.81. The second-order valence-corrected chi connectivity index (χ2v) is 7.62. The summed E-state index contributed by atoms with van der Waals surface area (Å²) in [5.41, 5.74) is 0.375. The Morgan fingerprint density at radius 3 is 2.83 bits per heavy atom. The molecule has 2 aliphatic heterocycles. The molecule has 0 aliphatic carbocycles. The molecule has 0 radical (unpaired) electrons. The van der Waals surface area contributed by atoms with Gasteiger partial charge in [-0.3, -0.25) is 4.79 Å². The summed E-state index contributed by atoms with van der Waals surface area (Å²) in [6, 6.07) is 3.17. The number of fused-ring (bicyclic) bond motifs is 1. The fourth-order valence-electron chi connectivity index (χ4n) is 2.74. The first-order chi connectivity index (χ1) is 11.5. The molecule has 1 N–H and O–H groups in total. The number of methoxy groups -OCH3 is 1. The molecule has 8 nitrogen and oxygen atoms in total. The number of ether oxygens (including phenoxy) is 3. The smallest absolute Gasteiger partial charge is 0.251 e. The maximum Gasteiger partial charge on any atom is 0.251 e. The first kappa shape index (κ1) is 16.8. The van der Waals surface area contributed by atoms with Crippen LogP contribution in [0.3, 0.4) is 0 Å². The molecule has 0 unspecified atom stereocenters. The van der Waals surface area contributed by atoms with Crippen molar-refractivity contribution in [3.05, 3.63) is 17.7 Å². The molecule has 0 atom stereocenters. The van der Waals surface area contributed by atoms with Crippen LogP contribution in [0.5, 0.6) is 17.2 Å². The van der Waals surface area contributed by atoms with Gasteiger partial charge in [0.25, 0.3) is 5.91 Å². The van der Waals surface area contributed by atoms with Crippen molar-refractivity contribution in [2.45, 2.75) is 6.42 Å². The zero-order valence-electron chi connectivity index (χ0n) is 13.4. The molecule has 132 valence electrons. The van der Waals surface area contributed by atoms with Crippen molar-refractivity contribution in [1.82, 2.24) is 9.62 Å². The third-order valence-electron chi connectivity index (χ3n) is 3.94. The highest BCUT2D eigenvalue weighted by molar-refractivity contribution is 7.89. The summed E-state index contributed by atoms with van der Waals surface area (Å²) in [5, 5.41) is 2.72. The number of hydrogen-bond donors (Lipinski definition) is 1. The van der Waals surface area contributed by atoms with Crippen LogP contribution in [-0.4, -0.2) is 64.3 Å². The maximum absolute atomic E-state index is 12.3. The summed E-state index contributed by atoms with van der Waals surface area (Å²) < 4.78 is 41.1. The van der Waals surface area contributed by atoms with E-state index in [1.165, 1.54) is 11.4 Å². The predicted molar refractivity (Wildman–Crippen MR) is 86.3 cm³/mol. The number of benzene rings is 1. The van der Waals surface area contributed by atoms with Crippen LogP contribution in [0.1, 0.15) is 16.8 Å². The molecule has 24 heavy (non-hydrogen) atoms. The van der Waals surface area contributed by atoms with Crippen LogP contribution in [0.4, 0.5) is 0 Å². The quantitative estimate of drug-likeness (QED) is 0.812. The third-order valence-corrected chi connectivity index (χ3v) is 5.90. The molecule has 0 spiro atoms. The highest BCUT2D eigenvalue weighted by Crippen LogP contribution is 2.40. The fourth-order valence-corrected chi connectivity index (χ4v) is 4.27. The molecule has 0 aromatic heterocycles. The molecule has 3 rings (SSSR count). The fraction of sp³-hybridized carbons (Fsp3) is 0.533. The maximum atomic E-state index is 12.3. The van der Waals surface area contributed by atoms with Gasteiger partial charge in [0.1, 0.15) is 13.2 Å². The molecule has 1 amide bonds. The Hall–Kier alpha value is -2.00. The highest BCUT2D eigenvalue weighted by Gasteiger charge is 2.27. The molecule has 0 saturated carbocycles. The lowest BCUT2D eigenvalue weighted by atomic mass is 10.1. The van der Waals surface area contributed by atoms with Gasteiger partial charge in [-0.2, -0.15) is 0 Å². The summed E-state index contributed by atoms with van der Waals surface area (Å²) >= 11 is 0. The van der Waals surface area contributed by atoms with Crippen molar-refractivity contribution in [1.29, 1.82) is 0 Å². The largest absolute Gasteiger partial charge is 0.493 e. The minimum absolute atomic E-state index is 0.181. The van der Waals surface area contributed by atoms with Gasteiger partial charge in [0.2, 0.25) is 15.8 Å². The van der Waals surface area contributed by atoms with Gasteiger partial charge < -0.3 is 19.5 Å². The van der Waals surface area contributed by atoms with Crippen LogP contribution >= 0.6 is 0 Å². The lowest BCUT2D eigenvalue weighted by Gasteiger charge is -2.21. The van der Waals surface area contributed by atoms with Gasteiger partial charge in [-0.25, -0.2) is 12.7 Å². The molecule has 1 aromatic carbocycles. The average Bonchev–Trinajstić information content (AvgIpc) is 2.92. The Balaban J connectivity index is 1.65. The summed E-state index contributed by atoms with van der Waals surface area (Å²) in [7, 11) is -1.65. The molecule has 0 bridgehead atoms. The van der Waals surface area contributed by atoms with E-state index in [1.807, 2.05) is 0 Å². The van der Waals surface area contributed by atoms with E-state index in [1.54, 1.807) is 12.1 Å².